The number of hydrogen-bond acceptors (Lipinski definition) is 3. The number of nitrogens with zero attached hydrogens (tertiary/aromatic N) is 1. The summed E-state index contributed by atoms with van der Waals surface area (Å²) in [5.74, 6) is 0. The molecule has 218 valence electrons. The molecule has 2 N–H and O–H groups in total. The van der Waals surface area contributed by atoms with Crippen LogP contribution in [0, 0.1) is 0 Å². The fourth-order valence-electron chi connectivity index (χ4n) is 4.74. The summed E-state index contributed by atoms with van der Waals surface area (Å²) in [5, 5.41) is 21.1. The monoisotopic (exact) mass is 583 g/mol. The van der Waals surface area contributed by atoms with Gasteiger partial charge in [0.1, 0.15) is 5.60 Å². The molecule has 1 aliphatic rings. The maximum Gasteiger partial charge on any atom is 0.416 e. The molecule has 0 spiro atoms. The summed E-state index contributed by atoms with van der Waals surface area (Å²) in [6, 6.07) is -1.71. The first-order valence-corrected chi connectivity index (χ1v) is 11.4. The van der Waals surface area contributed by atoms with Crippen LogP contribution < -0.4 is 0 Å². The van der Waals surface area contributed by atoms with E-state index in [1.165, 1.54) is 4.90 Å². The van der Waals surface area contributed by atoms with Crippen LogP contribution in [0.1, 0.15) is 52.6 Å². The van der Waals surface area contributed by atoms with E-state index < -0.39 is 76.3 Å². The van der Waals surface area contributed by atoms with E-state index in [0.717, 1.165) is 0 Å². The van der Waals surface area contributed by atoms with Crippen LogP contribution >= 0.6 is 0 Å². The number of alkyl halides is 12. The molecule has 1 atom stereocenters. The highest BCUT2D eigenvalue weighted by Gasteiger charge is 2.49. The fraction of sp³-hybridized carbons (Fsp3) is 0.500. The minimum absolute atomic E-state index is 0.000631. The van der Waals surface area contributed by atoms with Crippen molar-refractivity contribution < 1.29 is 62.9 Å². The second kappa shape index (κ2) is 10.5. The van der Waals surface area contributed by atoms with Gasteiger partial charge in [0.05, 0.1) is 22.3 Å². The first-order chi connectivity index (χ1) is 17.7. The van der Waals surface area contributed by atoms with Gasteiger partial charge in [0.15, 0.2) is 0 Å². The number of halogens is 12. The Balaban J connectivity index is 2.44. The quantitative estimate of drug-likeness (QED) is 0.366. The third kappa shape index (κ3) is 6.62. The molecule has 0 saturated carbocycles. The molecule has 0 radical (unpaired) electrons. The van der Waals surface area contributed by atoms with Gasteiger partial charge < -0.3 is 10.2 Å². The van der Waals surface area contributed by atoms with Gasteiger partial charge in [-0.1, -0.05) is 0 Å². The van der Waals surface area contributed by atoms with Crippen LogP contribution in [0.2, 0.25) is 0 Å². The lowest BCUT2D eigenvalue weighted by Crippen LogP contribution is -2.49. The summed E-state index contributed by atoms with van der Waals surface area (Å²) >= 11 is 0. The van der Waals surface area contributed by atoms with Crippen molar-refractivity contribution >= 4 is 0 Å². The zero-order valence-corrected chi connectivity index (χ0v) is 19.7. The largest absolute Gasteiger partial charge is 0.416 e. The molecule has 2 aromatic rings. The molecule has 2 aromatic carbocycles. The minimum Gasteiger partial charge on any atom is -0.396 e. The van der Waals surface area contributed by atoms with Crippen molar-refractivity contribution in [1.82, 2.24) is 4.90 Å². The zero-order valence-electron chi connectivity index (χ0n) is 19.7. The van der Waals surface area contributed by atoms with Crippen molar-refractivity contribution in [3.8, 4) is 0 Å². The van der Waals surface area contributed by atoms with Crippen molar-refractivity contribution in [2.45, 2.75) is 55.6 Å². The summed E-state index contributed by atoms with van der Waals surface area (Å²) < 4.78 is 163. The summed E-state index contributed by atoms with van der Waals surface area (Å²) in [5.41, 5.74) is -13.2. The second-order valence-corrected chi connectivity index (χ2v) is 9.13. The first-order valence-electron chi connectivity index (χ1n) is 11.4. The van der Waals surface area contributed by atoms with E-state index in [1.54, 1.807) is 0 Å². The van der Waals surface area contributed by atoms with Crippen LogP contribution in [0.5, 0.6) is 0 Å². The Morgan fingerprint density at radius 2 is 0.949 bits per heavy atom. The fourth-order valence-corrected chi connectivity index (χ4v) is 4.74. The minimum atomic E-state index is -5.41. The van der Waals surface area contributed by atoms with Gasteiger partial charge in [-0.15, -0.1) is 0 Å². The number of aliphatic hydroxyl groups excluding tert-OH is 1. The standard InChI is InChI=1S/C24H21F12NO2/c25-21(26,27)15-7-13(8-16(11-15)22(28,29)30)20(39,19-3-1-4-37(19)5-2-6-38)14-9-17(23(31,32)33)12-18(10-14)24(34,35)36/h7-12,19,38-39H,1-6H2. The normalized spacial score (nSPS) is 18.2. The smallest absolute Gasteiger partial charge is 0.396 e. The van der Waals surface area contributed by atoms with Crippen LogP contribution in [-0.4, -0.2) is 40.9 Å². The van der Waals surface area contributed by atoms with E-state index in [0.29, 0.717) is 0 Å². The van der Waals surface area contributed by atoms with Gasteiger partial charge in [-0.3, -0.25) is 4.90 Å². The van der Waals surface area contributed by atoms with Gasteiger partial charge in [-0.05, 0) is 73.3 Å². The summed E-state index contributed by atoms with van der Waals surface area (Å²) in [4.78, 5) is 1.30. The molecule has 1 saturated heterocycles. The number of rotatable bonds is 6. The summed E-state index contributed by atoms with van der Waals surface area (Å²) in [6.07, 6.45) is -21.7. The second-order valence-electron chi connectivity index (χ2n) is 9.13. The molecule has 0 aromatic heterocycles. The molecule has 39 heavy (non-hydrogen) atoms. The Morgan fingerprint density at radius 1 is 0.615 bits per heavy atom. The average Bonchev–Trinajstić information content (AvgIpc) is 3.28. The molecule has 3 rings (SSSR count). The lowest BCUT2D eigenvalue weighted by Gasteiger charge is -2.41. The van der Waals surface area contributed by atoms with Crippen LogP contribution in [-0.2, 0) is 30.3 Å². The van der Waals surface area contributed by atoms with E-state index in [1.807, 2.05) is 0 Å². The number of hydrogen-bond donors (Lipinski definition) is 2. The molecule has 1 unspecified atom stereocenters. The highest BCUT2D eigenvalue weighted by Crippen LogP contribution is 2.47. The zero-order chi connectivity index (χ0) is 29.6. The van der Waals surface area contributed by atoms with Crippen LogP contribution in [0.4, 0.5) is 52.7 Å². The van der Waals surface area contributed by atoms with Crippen molar-refractivity contribution in [3.63, 3.8) is 0 Å². The van der Waals surface area contributed by atoms with E-state index in [2.05, 4.69) is 0 Å². The Labute approximate surface area is 213 Å². The number of benzene rings is 2. The van der Waals surface area contributed by atoms with Crippen molar-refractivity contribution in [2.75, 3.05) is 19.7 Å². The molecule has 1 heterocycles. The Bertz CT molecular complexity index is 1030. The van der Waals surface area contributed by atoms with Crippen LogP contribution in [0.15, 0.2) is 36.4 Å². The highest BCUT2D eigenvalue weighted by molar-refractivity contribution is 5.47. The number of likely N-dealkylation sites (tertiary alicyclic amines) is 1. The first kappa shape index (κ1) is 31.0. The van der Waals surface area contributed by atoms with Gasteiger partial charge >= 0.3 is 24.7 Å². The molecular weight excluding hydrogens is 562 g/mol. The summed E-state index contributed by atoms with van der Waals surface area (Å²) in [7, 11) is 0. The molecule has 0 aliphatic carbocycles. The van der Waals surface area contributed by atoms with Gasteiger partial charge in [-0.2, -0.15) is 52.7 Å². The van der Waals surface area contributed by atoms with Gasteiger partial charge in [0.2, 0.25) is 0 Å². The molecule has 1 aliphatic heterocycles. The Hall–Kier alpha value is -2.52. The van der Waals surface area contributed by atoms with E-state index in [-0.39, 0.29) is 68.8 Å². The molecule has 1 fully saturated rings. The van der Waals surface area contributed by atoms with E-state index >= 15 is 0 Å². The Morgan fingerprint density at radius 3 is 1.26 bits per heavy atom. The van der Waals surface area contributed by atoms with Crippen molar-refractivity contribution in [2.24, 2.45) is 0 Å². The van der Waals surface area contributed by atoms with E-state index in [9.17, 15) is 57.8 Å². The Kier molecular flexibility index (Phi) is 8.32. The highest BCUT2D eigenvalue weighted by atomic mass is 19.4. The van der Waals surface area contributed by atoms with E-state index in [4.69, 9.17) is 5.11 Å². The molecular formula is C24H21F12NO2. The van der Waals surface area contributed by atoms with Gasteiger partial charge in [-0.25, -0.2) is 0 Å². The maximum atomic E-state index is 13.6. The molecule has 15 heteroatoms. The topological polar surface area (TPSA) is 43.7 Å². The third-order valence-electron chi connectivity index (χ3n) is 6.50. The maximum absolute atomic E-state index is 13.6. The average molecular weight is 583 g/mol. The molecule has 0 amide bonds. The summed E-state index contributed by atoms with van der Waals surface area (Å²) in [6.45, 7) is -0.464. The third-order valence-corrected chi connectivity index (χ3v) is 6.50. The lowest BCUT2D eigenvalue weighted by molar-refractivity contribution is -0.144. The SMILES string of the molecule is OCCCN1CCCC1C(O)(c1cc(C(F)(F)F)cc(C(F)(F)F)c1)c1cc(C(F)(F)F)cc(C(F)(F)F)c1. The predicted octanol–water partition coefficient (Wildman–Crippen LogP) is 6.84. The lowest BCUT2D eigenvalue weighted by atomic mass is 9.76. The molecule has 3 nitrogen and oxygen atoms in total. The molecule has 0 bridgehead atoms. The van der Waals surface area contributed by atoms with Crippen LogP contribution in [0.25, 0.3) is 0 Å². The van der Waals surface area contributed by atoms with Gasteiger partial charge in [0.25, 0.3) is 0 Å². The number of aliphatic hydroxyl groups is 2. The van der Waals surface area contributed by atoms with Crippen molar-refractivity contribution in [3.05, 3.63) is 69.8 Å². The predicted molar refractivity (Wildman–Crippen MR) is 112 cm³/mol. The van der Waals surface area contributed by atoms with Gasteiger partial charge in [0, 0.05) is 19.2 Å². The van der Waals surface area contributed by atoms with Crippen LogP contribution in [0.3, 0.4) is 0 Å². The van der Waals surface area contributed by atoms with Crippen molar-refractivity contribution in [1.29, 1.82) is 0 Å².